The van der Waals surface area contributed by atoms with Crippen LogP contribution in [0.1, 0.15) is 29.0 Å². The van der Waals surface area contributed by atoms with Crippen molar-refractivity contribution in [3.63, 3.8) is 0 Å². The maximum absolute atomic E-state index is 5.96. The van der Waals surface area contributed by atoms with Gasteiger partial charge in [0, 0.05) is 23.0 Å². The first-order chi connectivity index (χ1) is 9.10. The summed E-state index contributed by atoms with van der Waals surface area (Å²) in [6.45, 7) is 5.01. The highest BCUT2D eigenvalue weighted by Gasteiger charge is 2.09. The fourth-order valence-corrected chi connectivity index (χ4v) is 3.06. The summed E-state index contributed by atoms with van der Waals surface area (Å²) in [5, 5.41) is 3.50. The third-order valence-corrected chi connectivity index (χ3v) is 4.47. The highest BCUT2D eigenvalue weighted by molar-refractivity contribution is 7.16. The quantitative estimate of drug-likeness (QED) is 0.872. The Kier molecular flexibility index (Phi) is 4.86. The second-order valence-electron chi connectivity index (χ2n) is 4.56. The molecule has 2 aromatic rings. The van der Waals surface area contributed by atoms with Gasteiger partial charge in [-0.2, -0.15) is 0 Å². The van der Waals surface area contributed by atoms with Crippen LogP contribution in [0.25, 0.3) is 0 Å². The molecule has 0 aliphatic heterocycles. The molecule has 1 aromatic heterocycles. The lowest BCUT2D eigenvalue weighted by Gasteiger charge is -2.14. The summed E-state index contributed by atoms with van der Waals surface area (Å²) in [5.74, 6) is 0.925. The number of ether oxygens (including phenoxy) is 1. The molecule has 0 aliphatic carbocycles. The Labute approximate surface area is 123 Å². The zero-order valence-electron chi connectivity index (χ0n) is 11.4. The Morgan fingerprint density at radius 1 is 1.32 bits per heavy atom. The summed E-state index contributed by atoms with van der Waals surface area (Å²) >= 11 is 7.58. The topological polar surface area (TPSA) is 21.3 Å². The molecule has 2 rings (SSSR count). The molecule has 0 saturated carbocycles. The summed E-state index contributed by atoms with van der Waals surface area (Å²) in [4.78, 5) is 1.25. The van der Waals surface area contributed by atoms with E-state index in [0.717, 1.165) is 16.6 Å². The number of hydrogen-bond acceptors (Lipinski definition) is 3. The van der Waals surface area contributed by atoms with Gasteiger partial charge in [-0.1, -0.05) is 29.3 Å². The van der Waals surface area contributed by atoms with Crippen molar-refractivity contribution in [2.75, 3.05) is 7.11 Å². The van der Waals surface area contributed by atoms with Crippen molar-refractivity contribution < 1.29 is 4.74 Å². The monoisotopic (exact) mass is 295 g/mol. The van der Waals surface area contributed by atoms with E-state index in [1.807, 2.05) is 12.1 Å². The Balaban J connectivity index is 2.04. The van der Waals surface area contributed by atoms with Crippen molar-refractivity contribution in [3.05, 3.63) is 50.7 Å². The van der Waals surface area contributed by atoms with Crippen LogP contribution in [0.5, 0.6) is 5.75 Å². The molecule has 0 amide bonds. The zero-order chi connectivity index (χ0) is 13.8. The van der Waals surface area contributed by atoms with Gasteiger partial charge in [0.05, 0.1) is 11.4 Å². The molecule has 0 radical (unpaired) electrons. The molecule has 1 aromatic carbocycles. The normalized spacial score (nSPS) is 12.4. The lowest BCUT2D eigenvalue weighted by Crippen LogP contribution is -2.17. The minimum atomic E-state index is 0.280. The minimum absolute atomic E-state index is 0.280. The van der Waals surface area contributed by atoms with Gasteiger partial charge >= 0.3 is 0 Å². The van der Waals surface area contributed by atoms with Crippen LogP contribution in [0, 0.1) is 6.92 Å². The van der Waals surface area contributed by atoms with Crippen LogP contribution in [0.3, 0.4) is 0 Å². The molecule has 1 atom stereocenters. The fourth-order valence-electron chi connectivity index (χ4n) is 1.97. The van der Waals surface area contributed by atoms with Crippen LogP contribution in [0.4, 0.5) is 0 Å². The van der Waals surface area contributed by atoms with Crippen molar-refractivity contribution in [2.24, 2.45) is 0 Å². The average molecular weight is 296 g/mol. The van der Waals surface area contributed by atoms with Crippen LogP contribution < -0.4 is 10.1 Å². The molecule has 102 valence electrons. The molecular weight excluding hydrogens is 278 g/mol. The zero-order valence-corrected chi connectivity index (χ0v) is 12.9. The molecule has 0 saturated heterocycles. The van der Waals surface area contributed by atoms with E-state index in [4.69, 9.17) is 16.3 Å². The fraction of sp³-hybridized carbons (Fsp3) is 0.333. The first-order valence-corrected chi connectivity index (χ1v) is 7.41. The van der Waals surface area contributed by atoms with E-state index in [9.17, 15) is 0 Å². The summed E-state index contributed by atoms with van der Waals surface area (Å²) in [6.07, 6.45) is 0. The molecule has 0 spiro atoms. The van der Waals surface area contributed by atoms with E-state index in [0.29, 0.717) is 0 Å². The smallest absolute Gasteiger partial charge is 0.123 e. The molecule has 19 heavy (non-hydrogen) atoms. The third kappa shape index (κ3) is 3.72. The lowest BCUT2D eigenvalue weighted by molar-refractivity contribution is 0.406. The second-order valence-corrected chi connectivity index (χ2v) is 6.31. The van der Waals surface area contributed by atoms with Gasteiger partial charge in [0.1, 0.15) is 5.75 Å². The number of methoxy groups -OCH3 is 1. The minimum Gasteiger partial charge on any atom is -0.496 e. The van der Waals surface area contributed by atoms with Gasteiger partial charge in [0.25, 0.3) is 0 Å². The van der Waals surface area contributed by atoms with Crippen LogP contribution in [0.15, 0.2) is 30.3 Å². The summed E-state index contributed by atoms with van der Waals surface area (Å²) < 4.78 is 6.21. The molecule has 1 N–H and O–H groups in total. The first-order valence-electron chi connectivity index (χ1n) is 6.22. The Morgan fingerprint density at radius 3 is 2.74 bits per heavy atom. The van der Waals surface area contributed by atoms with E-state index in [2.05, 4.69) is 37.4 Å². The van der Waals surface area contributed by atoms with Crippen LogP contribution in [0.2, 0.25) is 4.34 Å². The molecule has 1 heterocycles. The van der Waals surface area contributed by atoms with Crippen LogP contribution >= 0.6 is 22.9 Å². The van der Waals surface area contributed by atoms with Crippen molar-refractivity contribution in [2.45, 2.75) is 26.4 Å². The average Bonchev–Trinajstić information content (AvgIpc) is 2.83. The number of halogens is 1. The van der Waals surface area contributed by atoms with E-state index in [1.54, 1.807) is 18.4 Å². The standard InChI is InChI=1S/C15H18ClNOS/c1-10-4-5-13(18-3)12(8-10)9-17-11(2)14-6-7-15(16)19-14/h4-8,11,17H,9H2,1-3H3. The van der Waals surface area contributed by atoms with E-state index < -0.39 is 0 Å². The van der Waals surface area contributed by atoms with Gasteiger partial charge in [-0.25, -0.2) is 0 Å². The largest absolute Gasteiger partial charge is 0.496 e. The molecule has 0 bridgehead atoms. The molecular formula is C15H18ClNOS. The molecule has 4 heteroatoms. The predicted molar refractivity (Wildman–Crippen MR) is 82.3 cm³/mol. The number of thiophene rings is 1. The highest BCUT2D eigenvalue weighted by atomic mass is 35.5. The predicted octanol–water partition coefficient (Wildman–Crippen LogP) is 4.57. The van der Waals surface area contributed by atoms with Gasteiger partial charge < -0.3 is 10.1 Å². The number of nitrogens with one attached hydrogen (secondary N) is 1. The van der Waals surface area contributed by atoms with Crippen molar-refractivity contribution >= 4 is 22.9 Å². The van der Waals surface area contributed by atoms with Gasteiger partial charge in [-0.05, 0) is 32.0 Å². The number of benzene rings is 1. The van der Waals surface area contributed by atoms with Crippen LogP contribution in [-0.2, 0) is 6.54 Å². The third-order valence-electron chi connectivity index (χ3n) is 3.06. The Morgan fingerprint density at radius 2 is 2.11 bits per heavy atom. The molecule has 0 fully saturated rings. The van der Waals surface area contributed by atoms with Crippen molar-refractivity contribution in [3.8, 4) is 5.75 Å². The van der Waals surface area contributed by atoms with E-state index in [-0.39, 0.29) is 6.04 Å². The second kappa shape index (κ2) is 6.42. The van der Waals surface area contributed by atoms with Gasteiger partial charge in [-0.3, -0.25) is 0 Å². The van der Waals surface area contributed by atoms with E-state index in [1.165, 1.54) is 16.0 Å². The van der Waals surface area contributed by atoms with Crippen molar-refractivity contribution in [1.29, 1.82) is 0 Å². The Hall–Kier alpha value is -1.03. The molecule has 0 aliphatic rings. The molecule has 1 unspecified atom stereocenters. The lowest BCUT2D eigenvalue weighted by atomic mass is 10.1. The van der Waals surface area contributed by atoms with Gasteiger partial charge in [0.15, 0.2) is 0 Å². The summed E-state index contributed by atoms with van der Waals surface area (Å²) in [6, 6.07) is 10.5. The number of rotatable bonds is 5. The molecule has 2 nitrogen and oxygen atoms in total. The van der Waals surface area contributed by atoms with Gasteiger partial charge in [0.2, 0.25) is 0 Å². The number of aryl methyl sites for hydroxylation is 1. The highest BCUT2D eigenvalue weighted by Crippen LogP contribution is 2.27. The van der Waals surface area contributed by atoms with E-state index >= 15 is 0 Å². The first kappa shape index (κ1) is 14.4. The number of hydrogen-bond donors (Lipinski definition) is 1. The SMILES string of the molecule is COc1ccc(C)cc1CNC(C)c1ccc(Cl)s1. The van der Waals surface area contributed by atoms with Crippen molar-refractivity contribution in [1.82, 2.24) is 5.32 Å². The maximum atomic E-state index is 5.96. The van der Waals surface area contributed by atoms with Gasteiger partial charge in [-0.15, -0.1) is 11.3 Å². The van der Waals surface area contributed by atoms with Crippen LogP contribution in [-0.4, -0.2) is 7.11 Å². The summed E-state index contributed by atoms with van der Waals surface area (Å²) in [5.41, 5.74) is 2.42. The summed E-state index contributed by atoms with van der Waals surface area (Å²) in [7, 11) is 1.70. The Bertz CT molecular complexity index is 553. The maximum Gasteiger partial charge on any atom is 0.123 e.